The molecular formula is C30H34F3N3O. The van der Waals surface area contributed by atoms with E-state index in [0.29, 0.717) is 17.3 Å². The highest BCUT2D eigenvalue weighted by molar-refractivity contribution is 5.99. The average Bonchev–Trinajstić information content (AvgIpc) is 3.33. The predicted octanol–water partition coefficient (Wildman–Crippen LogP) is 8.22. The molecule has 2 aromatic rings. The van der Waals surface area contributed by atoms with Crippen molar-refractivity contribution in [3.63, 3.8) is 0 Å². The second kappa shape index (κ2) is 11.6. The summed E-state index contributed by atoms with van der Waals surface area (Å²) in [6, 6.07) is 4.68. The molecule has 1 amide bonds. The van der Waals surface area contributed by atoms with Gasteiger partial charge in [-0.1, -0.05) is 49.8 Å². The summed E-state index contributed by atoms with van der Waals surface area (Å²) in [6.07, 6.45) is 14.9. The van der Waals surface area contributed by atoms with Gasteiger partial charge in [-0.3, -0.25) is 4.79 Å². The molecule has 0 saturated heterocycles. The first-order valence-electron chi connectivity index (χ1n) is 12.2. The van der Waals surface area contributed by atoms with Crippen molar-refractivity contribution in [2.24, 2.45) is 5.41 Å². The van der Waals surface area contributed by atoms with Crippen LogP contribution in [0.25, 0.3) is 0 Å². The van der Waals surface area contributed by atoms with Crippen LogP contribution in [0.15, 0.2) is 102 Å². The molecule has 0 spiro atoms. The van der Waals surface area contributed by atoms with Gasteiger partial charge in [0.25, 0.3) is 0 Å². The molecule has 1 aliphatic carbocycles. The molecule has 196 valence electrons. The largest absolute Gasteiger partial charge is 0.416 e. The number of rotatable bonds is 7. The van der Waals surface area contributed by atoms with E-state index in [1.165, 1.54) is 29.4 Å². The molecule has 0 fully saturated rings. The maximum Gasteiger partial charge on any atom is 0.416 e. The summed E-state index contributed by atoms with van der Waals surface area (Å²) in [5.74, 6) is -0.406. The number of alkyl halides is 3. The van der Waals surface area contributed by atoms with Gasteiger partial charge < -0.3 is 9.88 Å². The fraction of sp³-hybridized carbons (Fsp3) is 0.333. The zero-order chi connectivity index (χ0) is 27.2. The molecule has 1 heterocycles. The molecule has 4 nitrogen and oxygen atoms in total. The number of benzene rings is 1. The van der Waals surface area contributed by atoms with E-state index in [1.807, 2.05) is 43.9 Å². The van der Waals surface area contributed by atoms with Crippen molar-refractivity contribution in [2.45, 2.75) is 59.7 Å². The number of imidazole rings is 1. The van der Waals surface area contributed by atoms with E-state index < -0.39 is 17.6 Å². The van der Waals surface area contributed by atoms with Crippen LogP contribution in [0.5, 0.6) is 0 Å². The molecule has 1 unspecified atom stereocenters. The van der Waals surface area contributed by atoms with Crippen LogP contribution in [-0.2, 0) is 11.0 Å². The summed E-state index contributed by atoms with van der Waals surface area (Å²) < 4.78 is 40.2. The first-order chi connectivity index (χ1) is 17.4. The Morgan fingerprint density at radius 2 is 1.84 bits per heavy atom. The number of amides is 1. The van der Waals surface area contributed by atoms with Gasteiger partial charge in [-0.05, 0) is 80.0 Å². The minimum absolute atomic E-state index is 0.0908. The summed E-state index contributed by atoms with van der Waals surface area (Å²) in [5, 5.41) is 2.58. The zero-order valence-electron chi connectivity index (χ0n) is 21.9. The lowest BCUT2D eigenvalue weighted by Gasteiger charge is -2.37. The van der Waals surface area contributed by atoms with Crippen LogP contribution in [0.4, 0.5) is 18.9 Å². The maximum atomic E-state index is 12.7. The molecule has 0 bridgehead atoms. The van der Waals surface area contributed by atoms with Crippen molar-refractivity contribution in [3.05, 3.63) is 107 Å². The smallest absolute Gasteiger partial charge is 0.330 e. The number of nitrogens with zero attached hydrogens (tertiary/aromatic N) is 2. The van der Waals surface area contributed by atoms with Gasteiger partial charge in [0.1, 0.15) is 0 Å². The average molecular weight is 510 g/mol. The molecule has 1 aliphatic rings. The van der Waals surface area contributed by atoms with Crippen molar-refractivity contribution >= 4 is 11.6 Å². The van der Waals surface area contributed by atoms with Crippen LogP contribution in [0, 0.1) is 5.41 Å². The second-order valence-corrected chi connectivity index (χ2v) is 10.1. The first-order valence-corrected chi connectivity index (χ1v) is 12.2. The van der Waals surface area contributed by atoms with Crippen LogP contribution >= 0.6 is 0 Å². The Kier molecular flexibility index (Phi) is 8.79. The van der Waals surface area contributed by atoms with Gasteiger partial charge in [-0.25, -0.2) is 4.98 Å². The van der Waals surface area contributed by atoms with Gasteiger partial charge in [0.15, 0.2) is 0 Å². The third-order valence-corrected chi connectivity index (χ3v) is 6.65. The van der Waals surface area contributed by atoms with E-state index in [-0.39, 0.29) is 5.41 Å². The molecular weight excluding hydrogens is 475 g/mol. The summed E-state index contributed by atoms with van der Waals surface area (Å²) >= 11 is 0. The summed E-state index contributed by atoms with van der Waals surface area (Å²) in [7, 11) is 0. The highest BCUT2D eigenvalue weighted by atomic mass is 19.4. The van der Waals surface area contributed by atoms with Crippen molar-refractivity contribution in [3.8, 4) is 0 Å². The SMILES string of the molecule is CC(C=CC1=C(C)C(n2ccnc2)CCC1(C)C)=CC=CC(C)=CC(=O)Nc1ccc(C(F)(F)F)cc1. The van der Waals surface area contributed by atoms with Crippen LogP contribution in [0.3, 0.4) is 0 Å². The lowest BCUT2D eigenvalue weighted by Crippen LogP contribution is -2.25. The van der Waals surface area contributed by atoms with Gasteiger partial charge >= 0.3 is 6.18 Å². The molecule has 1 aromatic carbocycles. The Bertz CT molecular complexity index is 1240. The fourth-order valence-electron chi connectivity index (χ4n) is 4.54. The molecule has 3 rings (SSSR count). The number of halogens is 3. The van der Waals surface area contributed by atoms with E-state index in [4.69, 9.17) is 0 Å². The molecule has 7 heteroatoms. The Balaban J connectivity index is 1.63. The fourth-order valence-corrected chi connectivity index (χ4v) is 4.54. The minimum Gasteiger partial charge on any atom is -0.330 e. The Morgan fingerprint density at radius 1 is 1.14 bits per heavy atom. The minimum atomic E-state index is -4.41. The van der Waals surface area contributed by atoms with Crippen molar-refractivity contribution in [1.29, 1.82) is 0 Å². The highest BCUT2D eigenvalue weighted by Crippen LogP contribution is 2.45. The Labute approximate surface area is 217 Å². The summed E-state index contributed by atoms with van der Waals surface area (Å²) in [6.45, 7) is 10.6. The predicted molar refractivity (Wildman–Crippen MR) is 143 cm³/mol. The van der Waals surface area contributed by atoms with Crippen molar-refractivity contribution in [2.75, 3.05) is 5.32 Å². The van der Waals surface area contributed by atoms with Crippen LogP contribution in [0.2, 0.25) is 0 Å². The zero-order valence-corrected chi connectivity index (χ0v) is 21.9. The third kappa shape index (κ3) is 7.68. The Hall–Kier alpha value is -3.61. The second-order valence-electron chi connectivity index (χ2n) is 10.1. The van der Waals surface area contributed by atoms with E-state index in [9.17, 15) is 18.0 Å². The summed E-state index contributed by atoms with van der Waals surface area (Å²) in [5.41, 5.74) is 4.11. The van der Waals surface area contributed by atoms with Crippen LogP contribution in [-0.4, -0.2) is 15.5 Å². The molecule has 1 atom stereocenters. The normalized spacial score (nSPS) is 19.2. The van der Waals surface area contributed by atoms with Gasteiger partial charge in [-0.15, -0.1) is 0 Å². The number of carbonyl (C=O) groups excluding carboxylic acids is 1. The standard InChI is InChI=1S/C30H34F3N3O/c1-21(9-14-26-23(3)27(15-16-29(26,4)5)36-18-17-34-20-36)7-6-8-22(2)19-28(37)35-25-12-10-24(11-13-25)30(31,32)33/h6-14,17-20,27H,15-16H2,1-5H3,(H,35,37). The number of allylic oxidation sites excluding steroid dienone is 9. The summed E-state index contributed by atoms with van der Waals surface area (Å²) in [4.78, 5) is 16.4. The highest BCUT2D eigenvalue weighted by Gasteiger charge is 2.32. The van der Waals surface area contributed by atoms with E-state index >= 15 is 0 Å². The Morgan fingerprint density at radius 3 is 2.46 bits per heavy atom. The quantitative estimate of drug-likeness (QED) is 0.302. The van der Waals surface area contributed by atoms with Crippen molar-refractivity contribution in [1.82, 2.24) is 9.55 Å². The van der Waals surface area contributed by atoms with Crippen LogP contribution < -0.4 is 5.32 Å². The number of hydrogen-bond acceptors (Lipinski definition) is 2. The number of nitrogens with one attached hydrogen (secondary N) is 1. The number of aromatic nitrogens is 2. The van der Waals surface area contributed by atoms with Gasteiger partial charge in [-0.2, -0.15) is 13.2 Å². The van der Waals surface area contributed by atoms with Crippen LogP contribution in [0.1, 0.15) is 59.1 Å². The number of carbonyl (C=O) groups is 1. The number of anilines is 1. The third-order valence-electron chi connectivity index (χ3n) is 6.65. The molecule has 1 aromatic heterocycles. The monoisotopic (exact) mass is 509 g/mol. The van der Waals surface area contributed by atoms with Gasteiger partial charge in [0.05, 0.1) is 17.9 Å². The van der Waals surface area contributed by atoms with Gasteiger partial charge in [0, 0.05) is 24.2 Å². The van der Waals surface area contributed by atoms with E-state index in [1.54, 1.807) is 6.92 Å². The molecule has 0 aliphatic heterocycles. The maximum absolute atomic E-state index is 12.7. The van der Waals surface area contributed by atoms with E-state index in [0.717, 1.165) is 30.5 Å². The van der Waals surface area contributed by atoms with Crippen molar-refractivity contribution < 1.29 is 18.0 Å². The van der Waals surface area contributed by atoms with Gasteiger partial charge in [0.2, 0.25) is 5.91 Å². The van der Waals surface area contributed by atoms with E-state index in [2.05, 4.69) is 47.8 Å². The topological polar surface area (TPSA) is 46.9 Å². The lowest BCUT2D eigenvalue weighted by atomic mass is 9.71. The molecule has 0 radical (unpaired) electrons. The molecule has 0 saturated carbocycles. The molecule has 37 heavy (non-hydrogen) atoms. The first kappa shape index (κ1) is 28.0. The lowest BCUT2D eigenvalue weighted by molar-refractivity contribution is -0.137. The molecule has 1 N–H and O–H groups in total. The number of hydrogen-bond donors (Lipinski definition) is 1.